The number of carboxylic acid groups (broad SMARTS) is 1. The van der Waals surface area contributed by atoms with Crippen LogP contribution in [0.15, 0.2) is 0 Å². The van der Waals surface area contributed by atoms with Crippen molar-refractivity contribution in [2.75, 3.05) is 6.54 Å². The fourth-order valence-electron chi connectivity index (χ4n) is 0.958. The maximum absolute atomic E-state index is 11.1. The molecule has 5 heteroatoms. The zero-order chi connectivity index (χ0) is 11.7. The number of unbranched alkanes of at least 4 members (excludes halogenated alkanes) is 1. The molecule has 0 spiro atoms. The minimum atomic E-state index is -0.999. The van der Waals surface area contributed by atoms with E-state index in [1.807, 2.05) is 6.92 Å². The van der Waals surface area contributed by atoms with Gasteiger partial charge in [-0.1, -0.05) is 13.3 Å². The molecule has 1 amide bonds. The highest BCUT2D eigenvalue weighted by Gasteiger charge is 2.07. The van der Waals surface area contributed by atoms with Gasteiger partial charge in [0.25, 0.3) is 0 Å². The molecule has 0 saturated heterocycles. The van der Waals surface area contributed by atoms with Gasteiger partial charge in [0.15, 0.2) is 5.78 Å². The molecule has 0 unspecified atom stereocenters. The van der Waals surface area contributed by atoms with E-state index in [1.165, 1.54) is 0 Å². The number of nitrogens with one attached hydrogen (secondary N) is 1. The highest BCUT2D eigenvalue weighted by molar-refractivity contribution is 5.87. The topological polar surface area (TPSA) is 83.5 Å². The Bertz CT molecular complexity index is 238. The van der Waals surface area contributed by atoms with E-state index in [2.05, 4.69) is 5.32 Å². The average Bonchev–Trinajstić information content (AvgIpc) is 2.20. The van der Waals surface area contributed by atoms with E-state index >= 15 is 0 Å². The number of carbonyl (C=O) groups excluding carboxylic acids is 2. The van der Waals surface area contributed by atoms with Gasteiger partial charge in [0.2, 0.25) is 5.91 Å². The summed E-state index contributed by atoms with van der Waals surface area (Å²) in [4.78, 5) is 32.3. The van der Waals surface area contributed by atoms with Crippen LogP contribution in [0.1, 0.15) is 39.0 Å². The maximum Gasteiger partial charge on any atom is 0.303 e. The van der Waals surface area contributed by atoms with Gasteiger partial charge in [-0.3, -0.25) is 14.4 Å². The summed E-state index contributed by atoms with van der Waals surface area (Å²) in [5.74, 6) is -1.40. The third kappa shape index (κ3) is 8.93. The Morgan fingerprint density at radius 1 is 1.13 bits per heavy atom. The van der Waals surface area contributed by atoms with Gasteiger partial charge in [-0.2, -0.15) is 0 Å². The zero-order valence-corrected chi connectivity index (χ0v) is 8.91. The molecule has 86 valence electrons. The van der Waals surface area contributed by atoms with Crippen molar-refractivity contribution in [2.24, 2.45) is 0 Å². The lowest BCUT2D eigenvalue weighted by molar-refractivity contribution is -0.138. The predicted octanol–water partition coefficient (Wildman–Crippen LogP) is 0.727. The summed E-state index contributed by atoms with van der Waals surface area (Å²) in [6.07, 6.45) is 1.95. The molecule has 0 fully saturated rings. The Labute approximate surface area is 88.9 Å². The number of aliphatic carboxylic acids is 1. The quantitative estimate of drug-likeness (QED) is 0.625. The molecule has 0 rings (SSSR count). The van der Waals surface area contributed by atoms with E-state index in [1.54, 1.807) is 0 Å². The third-order valence-electron chi connectivity index (χ3n) is 1.86. The van der Waals surface area contributed by atoms with E-state index in [0.29, 0.717) is 6.42 Å². The van der Waals surface area contributed by atoms with Gasteiger partial charge >= 0.3 is 5.97 Å². The molecule has 0 aromatic heterocycles. The lowest BCUT2D eigenvalue weighted by Crippen LogP contribution is -2.29. The molecule has 0 radical (unpaired) electrons. The van der Waals surface area contributed by atoms with Crippen LogP contribution < -0.4 is 5.32 Å². The minimum Gasteiger partial charge on any atom is -0.481 e. The van der Waals surface area contributed by atoms with Crippen LogP contribution in [0.3, 0.4) is 0 Å². The Balaban J connectivity index is 3.53. The third-order valence-corrected chi connectivity index (χ3v) is 1.86. The van der Waals surface area contributed by atoms with Gasteiger partial charge in [-0.05, 0) is 6.42 Å². The van der Waals surface area contributed by atoms with Gasteiger partial charge in [-0.15, -0.1) is 0 Å². The molecule has 0 aromatic rings. The lowest BCUT2D eigenvalue weighted by atomic mass is 10.2. The number of ketones is 1. The van der Waals surface area contributed by atoms with Crippen LogP contribution in [-0.2, 0) is 14.4 Å². The number of rotatable bonds is 8. The highest BCUT2D eigenvalue weighted by atomic mass is 16.4. The second kappa shape index (κ2) is 7.96. The van der Waals surface area contributed by atoms with Gasteiger partial charge in [-0.25, -0.2) is 0 Å². The van der Waals surface area contributed by atoms with Crippen LogP contribution in [-0.4, -0.2) is 29.3 Å². The number of hydrogen-bond donors (Lipinski definition) is 2. The summed E-state index contributed by atoms with van der Waals surface area (Å²) < 4.78 is 0. The van der Waals surface area contributed by atoms with Crippen LogP contribution in [0.5, 0.6) is 0 Å². The number of amides is 1. The Morgan fingerprint density at radius 3 is 2.33 bits per heavy atom. The van der Waals surface area contributed by atoms with Gasteiger partial charge in [0.05, 0.1) is 13.0 Å². The first kappa shape index (κ1) is 13.6. The molecule has 0 bridgehead atoms. The fourth-order valence-corrected chi connectivity index (χ4v) is 0.958. The molecule has 0 heterocycles. The summed E-state index contributed by atoms with van der Waals surface area (Å²) in [6.45, 7) is 1.92. The second-order valence-electron chi connectivity index (χ2n) is 3.31. The average molecular weight is 215 g/mol. The molecule has 0 aliphatic heterocycles. The van der Waals surface area contributed by atoms with Crippen molar-refractivity contribution in [3.63, 3.8) is 0 Å². The van der Waals surface area contributed by atoms with Crippen LogP contribution in [0, 0.1) is 0 Å². The number of carbonyl (C=O) groups is 3. The molecule has 0 atom stereocenters. The number of carboxylic acids is 1. The first-order valence-electron chi connectivity index (χ1n) is 5.06. The van der Waals surface area contributed by atoms with Crippen molar-refractivity contribution in [2.45, 2.75) is 39.0 Å². The molecule has 0 aliphatic rings. The largest absolute Gasteiger partial charge is 0.481 e. The number of hydrogen-bond acceptors (Lipinski definition) is 3. The van der Waals surface area contributed by atoms with E-state index in [4.69, 9.17) is 5.11 Å². The zero-order valence-electron chi connectivity index (χ0n) is 8.91. The van der Waals surface area contributed by atoms with Crippen LogP contribution in [0.4, 0.5) is 0 Å². The molecule has 0 aliphatic carbocycles. The van der Waals surface area contributed by atoms with Crippen molar-refractivity contribution in [3.05, 3.63) is 0 Å². The van der Waals surface area contributed by atoms with Crippen LogP contribution in [0.25, 0.3) is 0 Å². The minimum absolute atomic E-state index is 0.0244. The molecule has 15 heavy (non-hydrogen) atoms. The Kier molecular flexibility index (Phi) is 7.23. The smallest absolute Gasteiger partial charge is 0.303 e. The normalized spacial score (nSPS) is 9.67. The maximum atomic E-state index is 11.1. The SMILES string of the molecule is CCCCC(=O)NCC(=O)CCC(=O)O. The molecule has 0 saturated carbocycles. The van der Waals surface area contributed by atoms with Crippen molar-refractivity contribution < 1.29 is 19.5 Å². The van der Waals surface area contributed by atoms with Crippen molar-refractivity contribution in [3.8, 4) is 0 Å². The summed E-state index contributed by atoms with van der Waals surface area (Å²) in [7, 11) is 0. The summed E-state index contributed by atoms with van der Waals surface area (Å²) >= 11 is 0. The van der Waals surface area contributed by atoms with Gasteiger partial charge in [0, 0.05) is 12.8 Å². The fraction of sp³-hybridized carbons (Fsp3) is 0.700. The van der Waals surface area contributed by atoms with Gasteiger partial charge < -0.3 is 10.4 Å². The van der Waals surface area contributed by atoms with Crippen LogP contribution in [0.2, 0.25) is 0 Å². The predicted molar refractivity (Wildman–Crippen MR) is 54.4 cm³/mol. The second-order valence-corrected chi connectivity index (χ2v) is 3.31. The molecular formula is C10H17NO4. The van der Waals surface area contributed by atoms with E-state index in [-0.39, 0.29) is 31.1 Å². The van der Waals surface area contributed by atoms with Gasteiger partial charge in [0.1, 0.15) is 0 Å². The number of Topliss-reactive ketones (excluding diaryl/α,β-unsaturated/α-hetero) is 1. The Morgan fingerprint density at radius 2 is 1.80 bits per heavy atom. The highest BCUT2D eigenvalue weighted by Crippen LogP contribution is 1.94. The summed E-state index contributed by atoms with van der Waals surface area (Å²) in [5, 5.41) is 10.8. The molecule has 0 aromatic carbocycles. The summed E-state index contributed by atoms with van der Waals surface area (Å²) in [6, 6.07) is 0. The van der Waals surface area contributed by atoms with E-state index in [0.717, 1.165) is 12.8 Å². The first-order valence-corrected chi connectivity index (χ1v) is 5.06. The Hall–Kier alpha value is -1.39. The van der Waals surface area contributed by atoms with Crippen molar-refractivity contribution in [1.29, 1.82) is 0 Å². The molecular weight excluding hydrogens is 198 g/mol. The molecule has 2 N–H and O–H groups in total. The van der Waals surface area contributed by atoms with E-state index < -0.39 is 5.97 Å². The molecule has 5 nitrogen and oxygen atoms in total. The van der Waals surface area contributed by atoms with Crippen molar-refractivity contribution in [1.82, 2.24) is 5.32 Å². The lowest BCUT2D eigenvalue weighted by Gasteiger charge is -2.02. The van der Waals surface area contributed by atoms with E-state index in [9.17, 15) is 14.4 Å². The van der Waals surface area contributed by atoms with Crippen molar-refractivity contribution >= 4 is 17.7 Å². The van der Waals surface area contributed by atoms with Crippen LogP contribution >= 0.6 is 0 Å². The summed E-state index contributed by atoms with van der Waals surface area (Å²) in [5.41, 5.74) is 0. The standard InChI is InChI=1S/C10H17NO4/c1-2-3-4-9(13)11-7-8(12)5-6-10(14)15/h2-7H2,1H3,(H,11,13)(H,14,15). The first-order chi connectivity index (χ1) is 7.06. The monoisotopic (exact) mass is 215 g/mol.